The third-order valence-corrected chi connectivity index (χ3v) is 12.8. The normalized spacial score (nSPS) is 13.1. The summed E-state index contributed by atoms with van der Waals surface area (Å²) in [5.74, 6) is -0.109. The number of esters is 1. The molecule has 0 aliphatic rings. The van der Waals surface area contributed by atoms with Crippen molar-refractivity contribution in [1.29, 1.82) is 0 Å². The highest BCUT2D eigenvalue weighted by Crippen LogP contribution is 2.16. The van der Waals surface area contributed by atoms with Gasteiger partial charge in [-0.25, -0.2) is 0 Å². The molecule has 0 aliphatic carbocycles. The first-order valence-corrected chi connectivity index (χ1v) is 28.6. The second kappa shape index (κ2) is 55.2. The van der Waals surface area contributed by atoms with Gasteiger partial charge in [0.15, 0.2) is 0 Å². The topological polar surface area (TPSA) is 95.9 Å². The molecule has 6 nitrogen and oxygen atoms in total. The number of carbonyl (C=O) groups is 2. The Morgan fingerprint density at radius 2 is 0.833 bits per heavy atom. The molecule has 66 heavy (non-hydrogen) atoms. The lowest BCUT2D eigenvalue weighted by Crippen LogP contribution is -2.45. The molecule has 6 heteroatoms. The number of nitrogens with one attached hydrogen (secondary N) is 1. The molecule has 2 unspecified atom stereocenters. The zero-order chi connectivity index (χ0) is 47.9. The van der Waals surface area contributed by atoms with Crippen LogP contribution in [0.25, 0.3) is 0 Å². The Labute approximate surface area is 409 Å². The van der Waals surface area contributed by atoms with Gasteiger partial charge in [-0.3, -0.25) is 9.59 Å². The van der Waals surface area contributed by atoms with Gasteiger partial charge in [0, 0.05) is 12.8 Å². The van der Waals surface area contributed by atoms with Crippen LogP contribution in [0.15, 0.2) is 60.8 Å². The molecule has 3 N–H and O–H groups in total. The molecule has 0 saturated heterocycles. The monoisotopic (exact) mass is 924 g/mol. The molecule has 0 aliphatic heterocycles. The van der Waals surface area contributed by atoms with Crippen LogP contribution in [-0.4, -0.2) is 47.4 Å². The molecule has 1 amide bonds. The summed E-state index contributed by atoms with van der Waals surface area (Å²) >= 11 is 0. The third kappa shape index (κ3) is 51.0. The predicted octanol–water partition coefficient (Wildman–Crippen LogP) is 17.6. The van der Waals surface area contributed by atoms with Gasteiger partial charge < -0.3 is 20.3 Å². The van der Waals surface area contributed by atoms with Crippen molar-refractivity contribution in [3.8, 4) is 0 Å². The lowest BCUT2D eigenvalue weighted by atomic mass is 10.0. The number of ether oxygens (including phenoxy) is 1. The van der Waals surface area contributed by atoms with E-state index in [4.69, 9.17) is 4.74 Å². The van der Waals surface area contributed by atoms with Gasteiger partial charge in [0.1, 0.15) is 0 Å². The van der Waals surface area contributed by atoms with Crippen molar-refractivity contribution in [3.63, 3.8) is 0 Å². The van der Waals surface area contributed by atoms with Crippen molar-refractivity contribution < 1.29 is 24.5 Å². The van der Waals surface area contributed by atoms with E-state index in [2.05, 4.69) is 67.8 Å². The van der Waals surface area contributed by atoms with Crippen LogP contribution >= 0.6 is 0 Å². The van der Waals surface area contributed by atoms with E-state index in [1.165, 1.54) is 167 Å². The average Bonchev–Trinajstić information content (AvgIpc) is 3.32. The lowest BCUT2D eigenvalue weighted by molar-refractivity contribution is -0.143. The largest absolute Gasteiger partial charge is 0.466 e. The maximum atomic E-state index is 12.5. The van der Waals surface area contributed by atoms with E-state index in [9.17, 15) is 19.8 Å². The summed E-state index contributed by atoms with van der Waals surface area (Å²) in [6.45, 7) is 4.79. The van der Waals surface area contributed by atoms with Crippen molar-refractivity contribution in [2.75, 3.05) is 13.2 Å². The first-order chi connectivity index (χ1) is 32.5. The quantitative estimate of drug-likeness (QED) is 0.0244. The summed E-state index contributed by atoms with van der Waals surface area (Å²) in [4.78, 5) is 24.5. The van der Waals surface area contributed by atoms with E-state index in [1.54, 1.807) is 6.08 Å². The van der Waals surface area contributed by atoms with Gasteiger partial charge >= 0.3 is 5.97 Å². The van der Waals surface area contributed by atoms with Gasteiger partial charge in [-0.1, -0.05) is 242 Å². The fraction of sp³-hybridized carbons (Fsp3) is 0.800. The van der Waals surface area contributed by atoms with E-state index in [0.29, 0.717) is 19.4 Å². The Balaban J connectivity index is 3.53. The van der Waals surface area contributed by atoms with E-state index in [-0.39, 0.29) is 18.5 Å². The SMILES string of the molecule is CCC/C=C\C/C=C\CCCCCCCC(=O)OCCCCC/C=C\C=C/CCCCCCCCCCCCC(=O)NC(CO)C(O)/C=C/CCCCCCCCCCCCCCCCC. The molecule has 0 aromatic carbocycles. The number of hydrogen-bond donors (Lipinski definition) is 3. The standard InChI is InChI=1S/C60H109NO5/c1-3-5-7-9-11-13-15-17-18-22-25-29-32-36-40-44-48-52-58(63)57(56-62)61-59(64)53-49-45-41-37-33-30-26-23-20-19-21-24-27-31-35-39-43-47-51-55-66-60(65)54-50-46-42-38-34-28-16-14-12-10-8-6-4-2/h8,10,14,16,24,27,31,35,48,52,57-58,62-63H,3-7,9,11-13,15,17-23,25-26,28-30,32-34,36-47,49-51,53-56H2,1-2H3,(H,61,64)/b10-8-,16-14-,27-24-,35-31-,52-48+. The third-order valence-electron chi connectivity index (χ3n) is 12.8. The summed E-state index contributed by atoms with van der Waals surface area (Å²) in [5.41, 5.74) is 0. The van der Waals surface area contributed by atoms with Crippen molar-refractivity contribution in [3.05, 3.63) is 60.8 Å². The van der Waals surface area contributed by atoms with E-state index in [0.717, 1.165) is 89.9 Å². The molecular formula is C60H109NO5. The van der Waals surface area contributed by atoms with E-state index >= 15 is 0 Å². The van der Waals surface area contributed by atoms with Gasteiger partial charge in [0.05, 0.1) is 25.4 Å². The van der Waals surface area contributed by atoms with E-state index in [1.807, 2.05) is 6.08 Å². The zero-order valence-corrected chi connectivity index (χ0v) is 43.7. The van der Waals surface area contributed by atoms with Crippen LogP contribution in [-0.2, 0) is 14.3 Å². The van der Waals surface area contributed by atoms with Gasteiger partial charge in [-0.2, -0.15) is 0 Å². The smallest absolute Gasteiger partial charge is 0.305 e. The van der Waals surface area contributed by atoms with Crippen LogP contribution in [0.5, 0.6) is 0 Å². The molecule has 0 spiro atoms. The summed E-state index contributed by atoms with van der Waals surface area (Å²) < 4.78 is 5.43. The summed E-state index contributed by atoms with van der Waals surface area (Å²) in [5, 5.41) is 23.1. The number of carbonyl (C=O) groups excluding carboxylic acids is 2. The summed E-state index contributed by atoms with van der Waals surface area (Å²) in [7, 11) is 0. The molecule has 0 saturated carbocycles. The number of allylic oxidation sites excluding steroid dienone is 9. The minimum atomic E-state index is -0.853. The fourth-order valence-electron chi connectivity index (χ4n) is 8.37. The van der Waals surface area contributed by atoms with E-state index < -0.39 is 12.1 Å². The molecule has 384 valence electrons. The highest BCUT2D eigenvalue weighted by atomic mass is 16.5. The van der Waals surface area contributed by atoms with Gasteiger partial charge in [-0.15, -0.1) is 0 Å². The summed E-state index contributed by atoms with van der Waals surface area (Å²) in [6, 6.07) is -0.637. The van der Waals surface area contributed by atoms with Crippen molar-refractivity contribution in [2.45, 2.75) is 296 Å². The van der Waals surface area contributed by atoms with Crippen LogP contribution < -0.4 is 5.32 Å². The molecule has 0 bridgehead atoms. The van der Waals surface area contributed by atoms with Gasteiger partial charge in [0.25, 0.3) is 0 Å². The predicted molar refractivity (Wildman–Crippen MR) is 287 cm³/mol. The molecule has 2 atom stereocenters. The van der Waals surface area contributed by atoms with Crippen molar-refractivity contribution >= 4 is 11.9 Å². The fourth-order valence-corrected chi connectivity index (χ4v) is 8.37. The lowest BCUT2D eigenvalue weighted by Gasteiger charge is -2.20. The zero-order valence-electron chi connectivity index (χ0n) is 43.7. The van der Waals surface area contributed by atoms with Crippen molar-refractivity contribution in [1.82, 2.24) is 5.32 Å². The highest BCUT2D eigenvalue weighted by molar-refractivity contribution is 5.76. The second-order valence-electron chi connectivity index (χ2n) is 19.3. The maximum Gasteiger partial charge on any atom is 0.305 e. The molecule has 0 aromatic heterocycles. The molecule has 0 heterocycles. The van der Waals surface area contributed by atoms with Gasteiger partial charge in [0.2, 0.25) is 5.91 Å². The number of rotatable bonds is 52. The minimum Gasteiger partial charge on any atom is -0.466 e. The van der Waals surface area contributed by atoms with Crippen LogP contribution in [0.4, 0.5) is 0 Å². The average molecular weight is 925 g/mol. The van der Waals surface area contributed by atoms with Crippen molar-refractivity contribution in [2.24, 2.45) is 0 Å². The number of unbranched alkanes of at least 4 members (excludes halogenated alkanes) is 34. The molecular weight excluding hydrogens is 815 g/mol. The number of aliphatic hydroxyl groups excluding tert-OH is 2. The molecule has 0 fully saturated rings. The van der Waals surface area contributed by atoms with Crippen LogP contribution in [0.1, 0.15) is 284 Å². The number of amides is 1. The Bertz CT molecular complexity index is 1160. The molecule has 0 radical (unpaired) electrons. The highest BCUT2D eigenvalue weighted by Gasteiger charge is 2.18. The maximum absolute atomic E-state index is 12.5. The Kier molecular flexibility index (Phi) is 53.1. The van der Waals surface area contributed by atoms with Crippen LogP contribution in [0.3, 0.4) is 0 Å². The molecule has 0 aromatic rings. The van der Waals surface area contributed by atoms with Crippen LogP contribution in [0.2, 0.25) is 0 Å². The number of hydrogen-bond acceptors (Lipinski definition) is 5. The Hall–Kier alpha value is -2.44. The second-order valence-corrected chi connectivity index (χ2v) is 19.3. The first kappa shape index (κ1) is 63.6. The van der Waals surface area contributed by atoms with Gasteiger partial charge in [-0.05, 0) is 89.9 Å². The summed E-state index contributed by atoms with van der Waals surface area (Å²) in [6.07, 6.45) is 70.9. The molecule has 0 rings (SSSR count). The van der Waals surface area contributed by atoms with Crippen LogP contribution in [0, 0.1) is 0 Å². The Morgan fingerprint density at radius 3 is 1.30 bits per heavy atom. The number of aliphatic hydroxyl groups is 2. The Morgan fingerprint density at radius 1 is 0.439 bits per heavy atom. The minimum absolute atomic E-state index is 0.0303. The first-order valence-electron chi connectivity index (χ1n) is 28.6.